The highest BCUT2D eigenvalue weighted by Crippen LogP contribution is 2.19. The van der Waals surface area contributed by atoms with Gasteiger partial charge < -0.3 is 15.8 Å². The predicted octanol–water partition coefficient (Wildman–Crippen LogP) is 0.758. The van der Waals surface area contributed by atoms with E-state index in [1.54, 1.807) is 25.3 Å². The van der Waals surface area contributed by atoms with Gasteiger partial charge in [0.2, 0.25) is 0 Å². The van der Waals surface area contributed by atoms with Gasteiger partial charge in [-0.05, 0) is 18.6 Å². The number of rotatable bonds is 6. The first-order valence-corrected chi connectivity index (χ1v) is 6.26. The molecule has 0 unspecified atom stereocenters. The molecule has 106 valence electrons. The summed E-state index contributed by atoms with van der Waals surface area (Å²) < 4.78 is 5.04. The lowest BCUT2D eigenvalue weighted by Crippen LogP contribution is -2.25. The quantitative estimate of drug-likeness (QED) is 0.533. The number of nitrogen functional groups attached to an aromatic ring is 1. The first kappa shape index (κ1) is 13.9. The number of nitrogens with one attached hydrogen (secondary N) is 2. The van der Waals surface area contributed by atoms with Crippen LogP contribution in [0.3, 0.4) is 0 Å². The summed E-state index contributed by atoms with van der Waals surface area (Å²) in [5, 5.41) is 9.35. The molecule has 7 nitrogen and oxygen atoms in total. The fourth-order valence-electron chi connectivity index (χ4n) is 1.78. The lowest BCUT2D eigenvalue weighted by Gasteiger charge is -2.08. The Kier molecular flexibility index (Phi) is 4.54. The molecule has 7 heteroatoms. The molecule has 2 rings (SSSR count). The van der Waals surface area contributed by atoms with Crippen molar-refractivity contribution in [2.75, 3.05) is 19.4 Å². The number of H-pyrrole nitrogens is 1. The number of anilines is 1. The Morgan fingerprint density at radius 1 is 1.50 bits per heavy atom. The van der Waals surface area contributed by atoms with Crippen molar-refractivity contribution in [3.63, 3.8) is 0 Å². The predicted molar refractivity (Wildman–Crippen MR) is 74.4 cm³/mol. The number of methoxy groups -OCH3 is 1. The number of aromatic amines is 1. The molecule has 0 aliphatic carbocycles. The fraction of sp³-hybridized carbons (Fsp3) is 0.308. The lowest BCUT2D eigenvalue weighted by atomic mass is 10.1. The summed E-state index contributed by atoms with van der Waals surface area (Å²) in [5.41, 5.74) is 6.66. The van der Waals surface area contributed by atoms with Crippen molar-refractivity contribution >= 4 is 11.6 Å². The van der Waals surface area contributed by atoms with Gasteiger partial charge in [-0.1, -0.05) is 0 Å². The van der Waals surface area contributed by atoms with Gasteiger partial charge >= 0.3 is 0 Å². The molecule has 0 aliphatic rings. The lowest BCUT2D eigenvalue weighted by molar-refractivity contribution is 0.0954. The Labute approximate surface area is 116 Å². The van der Waals surface area contributed by atoms with Crippen molar-refractivity contribution in [3.8, 4) is 5.75 Å². The molecule has 2 aromatic rings. The van der Waals surface area contributed by atoms with E-state index in [4.69, 9.17) is 10.5 Å². The van der Waals surface area contributed by atoms with E-state index in [2.05, 4.69) is 20.5 Å². The fourth-order valence-corrected chi connectivity index (χ4v) is 1.78. The maximum absolute atomic E-state index is 12.0. The van der Waals surface area contributed by atoms with Gasteiger partial charge in [0, 0.05) is 24.7 Å². The second kappa shape index (κ2) is 6.55. The maximum atomic E-state index is 12.0. The SMILES string of the molecule is COc1ccc(C(=O)NCCCc2ncn[nH]2)c(N)c1. The molecule has 1 aromatic heterocycles. The zero-order valence-electron chi connectivity index (χ0n) is 11.2. The molecule has 4 N–H and O–H groups in total. The molecule has 0 saturated heterocycles. The molecule has 1 aromatic carbocycles. The monoisotopic (exact) mass is 275 g/mol. The molecule has 0 aliphatic heterocycles. The normalized spacial score (nSPS) is 10.2. The van der Waals surface area contributed by atoms with Gasteiger partial charge in [-0.3, -0.25) is 9.89 Å². The van der Waals surface area contributed by atoms with Gasteiger partial charge in [0.1, 0.15) is 17.9 Å². The summed E-state index contributed by atoms with van der Waals surface area (Å²) in [5.74, 6) is 1.25. The molecule has 0 saturated carbocycles. The van der Waals surface area contributed by atoms with Gasteiger partial charge in [-0.2, -0.15) is 5.10 Å². The minimum absolute atomic E-state index is 0.192. The van der Waals surface area contributed by atoms with Gasteiger partial charge in [0.25, 0.3) is 5.91 Å². The van der Waals surface area contributed by atoms with Crippen LogP contribution in [-0.2, 0) is 6.42 Å². The molecule has 0 fully saturated rings. The Morgan fingerprint density at radius 2 is 2.35 bits per heavy atom. The van der Waals surface area contributed by atoms with Crippen molar-refractivity contribution in [1.29, 1.82) is 0 Å². The van der Waals surface area contributed by atoms with Crippen molar-refractivity contribution in [2.45, 2.75) is 12.8 Å². The zero-order chi connectivity index (χ0) is 14.4. The minimum Gasteiger partial charge on any atom is -0.497 e. The number of nitrogens with zero attached hydrogens (tertiary/aromatic N) is 2. The summed E-state index contributed by atoms with van der Waals surface area (Å²) in [6.07, 6.45) is 2.97. The second-order valence-corrected chi connectivity index (χ2v) is 4.24. The minimum atomic E-state index is -0.192. The third-order valence-corrected chi connectivity index (χ3v) is 2.84. The van der Waals surface area contributed by atoms with E-state index >= 15 is 0 Å². The van der Waals surface area contributed by atoms with E-state index in [1.165, 1.54) is 6.33 Å². The molecular weight excluding hydrogens is 258 g/mol. The van der Waals surface area contributed by atoms with Crippen LogP contribution in [0.1, 0.15) is 22.6 Å². The number of nitrogens with two attached hydrogens (primary N) is 1. The second-order valence-electron chi connectivity index (χ2n) is 4.24. The molecule has 0 spiro atoms. The summed E-state index contributed by atoms with van der Waals surface area (Å²) in [6.45, 7) is 0.547. The number of ether oxygens (including phenoxy) is 1. The Bertz CT molecular complexity index is 568. The highest BCUT2D eigenvalue weighted by atomic mass is 16.5. The van der Waals surface area contributed by atoms with E-state index in [0.717, 1.165) is 18.7 Å². The number of hydrogen-bond donors (Lipinski definition) is 3. The van der Waals surface area contributed by atoms with Crippen LogP contribution in [0.15, 0.2) is 24.5 Å². The third kappa shape index (κ3) is 3.47. The number of aryl methyl sites for hydroxylation is 1. The number of carbonyl (C=O) groups excluding carboxylic acids is 1. The van der Waals surface area contributed by atoms with Crippen LogP contribution in [0.5, 0.6) is 5.75 Å². The van der Waals surface area contributed by atoms with E-state index in [0.29, 0.717) is 23.5 Å². The number of hydrogen-bond acceptors (Lipinski definition) is 5. The standard InChI is InChI=1S/C13H17N5O2/c1-20-9-4-5-10(11(14)7-9)13(19)15-6-2-3-12-16-8-17-18-12/h4-5,7-8H,2-3,6,14H2,1H3,(H,15,19)(H,16,17,18). The third-order valence-electron chi connectivity index (χ3n) is 2.84. The average Bonchev–Trinajstić information content (AvgIpc) is 2.96. The number of amides is 1. The first-order valence-electron chi connectivity index (χ1n) is 6.26. The van der Waals surface area contributed by atoms with Crippen LogP contribution in [0.25, 0.3) is 0 Å². The Hall–Kier alpha value is -2.57. The summed E-state index contributed by atoms with van der Waals surface area (Å²) in [4.78, 5) is 16.0. The largest absolute Gasteiger partial charge is 0.497 e. The van der Waals surface area contributed by atoms with Crippen LogP contribution in [0.4, 0.5) is 5.69 Å². The first-order chi connectivity index (χ1) is 9.70. The van der Waals surface area contributed by atoms with Crippen molar-refractivity contribution in [1.82, 2.24) is 20.5 Å². The molecule has 0 bridgehead atoms. The average molecular weight is 275 g/mol. The number of benzene rings is 1. The van der Waals surface area contributed by atoms with E-state index in [1.807, 2.05) is 0 Å². The highest BCUT2D eigenvalue weighted by Gasteiger charge is 2.09. The van der Waals surface area contributed by atoms with Crippen LogP contribution in [-0.4, -0.2) is 34.7 Å². The van der Waals surface area contributed by atoms with Gasteiger partial charge in [0.05, 0.1) is 12.7 Å². The van der Waals surface area contributed by atoms with Crippen LogP contribution >= 0.6 is 0 Å². The zero-order valence-corrected chi connectivity index (χ0v) is 11.2. The van der Waals surface area contributed by atoms with Crippen molar-refractivity contribution in [2.24, 2.45) is 0 Å². The smallest absolute Gasteiger partial charge is 0.253 e. The van der Waals surface area contributed by atoms with Crippen LogP contribution in [0, 0.1) is 0 Å². The molecule has 20 heavy (non-hydrogen) atoms. The molecular formula is C13H17N5O2. The van der Waals surface area contributed by atoms with E-state index < -0.39 is 0 Å². The van der Waals surface area contributed by atoms with Gasteiger partial charge in [-0.25, -0.2) is 4.98 Å². The molecule has 1 heterocycles. The van der Waals surface area contributed by atoms with Gasteiger partial charge in [0.15, 0.2) is 0 Å². The maximum Gasteiger partial charge on any atom is 0.253 e. The number of carbonyl (C=O) groups is 1. The molecule has 1 amide bonds. The summed E-state index contributed by atoms with van der Waals surface area (Å²) in [6, 6.07) is 4.99. The highest BCUT2D eigenvalue weighted by molar-refractivity contribution is 5.99. The van der Waals surface area contributed by atoms with E-state index in [9.17, 15) is 4.79 Å². The summed E-state index contributed by atoms with van der Waals surface area (Å²) in [7, 11) is 1.55. The number of aromatic nitrogens is 3. The van der Waals surface area contributed by atoms with Crippen LogP contribution < -0.4 is 15.8 Å². The van der Waals surface area contributed by atoms with Gasteiger partial charge in [-0.15, -0.1) is 0 Å². The molecule has 0 atom stereocenters. The van der Waals surface area contributed by atoms with Crippen molar-refractivity contribution in [3.05, 3.63) is 35.9 Å². The Morgan fingerprint density at radius 3 is 3.00 bits per heavy atom. The van der Waals surface area contributed by atoms with Crippen LogP contribution in [0.2, 0.25) is 0 Å². The van der Waals surface area contributed by atoms with E-state index in [-0.39, 0.29) is 5.91 Å². The van der Waals surface area contributed by atoms with Crippen molar-refractivity contribution < 1.29 is 9.53 Å². The molecule has 0 radical (unpaired) electrons. The summed E-state index contributed by atoms with van der Waals surface area (Å²) >= 11 is 0. The topological polar surface area (TPSA) is 106 Å². The Balaban J connectivity index is 1.82.